The maximum absolute atomic E-state index is 11.9. The number of pyridine rings is 2. The molecule has 5 heteroatoms. The van der Waals surface area contributed by atoms with E-state index in [0.29, 0.717) is 11.5 Å². The highest BCUT2D eigenvalue weighted by Crippen LogP contribution is 2.37. The predicted octanol–water partition coefficient (Wildman–Crippen LogP) is 3.59. The van der Waals surface area contributed by atoms with Crippen LogP contribution in [0.5, 0.6) is 0 Å². The summed E-state index contributed by atoms with van der Waals surface area (Å²) < 4.78 is 1.90. The Morgan fingerprint density at radius 1 is 1.29 bits per heavy atom. The maximum atomic E-state index is 11.9. The summed E-state index contributed by atoms with van der Waals surface area (Å²) in [5, 5.41) is 5.37. The van der Waals surface area contributed by atoms with Gasteiger partial charge in [0.15, 0.2) is 11.9 Å². The molecule has 1 fully saturated rings. The number of fused-ring (bicyclic) bond motifs is 1. The largest absolute Gasteiger partial charge is 0.298 e. The summed E-state index contributed by atoms with van der Waals surface area (Å²) in [6.07, 6.45) is 9.73. The molecule has 122 valence electrons. The van der Waals surface area contributed by atoms with Crippen LogP contribution in [0.3, 0.4) is 0 Å². The normalized spacial score (nSPS) is 14.2. The molecular weight excluding hydrogens is 300 g/mol. The van der Waals surface area contributed by atoms with Crippen molar-refractivity contribution in [2.75, 3.05) is 0 Å². The molecule has 24 heavy (non-hydrogen) atoms. The minimum absolute atomic E-state index is 0.662. The van der Waals surface area contributed by atoms with Crippen molar-refractivity contribution >= 4 is 17.3 Å². The first-order valence-electron chi connectivity index (χ1n) is 8.46. The Balaban J connectivity index is 2.03. The van der Waals surface area contributed by atoms with E-state index in [1.807, 2.05) is 30.2 Å². The third-order valence-electron chi connectivity index (χ3n) is 4.66. The minimum Gasteiger partial charge on any atom is -0.298 e. The summed E-state index contributed by atoms with van der Waals surface area (Å²) in [4.78, 5) is 21.1. The number of rotatable bonds is 5. The summed E-state index contributed by atoms with van der Waals surface area (Å²) in [6.45, 7) is 4.82. The zero-order chi connectivity index (χ0) is 16.7. The molecule has 0 saturated heterocycles. The second-order valence-corrected chi connectivity index (χ2v) is 6.56. The van der Waals surface area contributed by atoms with Gasteiger partial charge in [-0.15, -0.1) is 0 Å². The van der Waals surface area contributed by atoms with Crippen LogP contribution in [0.25, 0.3) is 22.2 Å². The van der Waals surface area contributed by atoms with Crippen molar-refractivity contribution < 1.29 is 4.79 Å². The van der Waals surface area contributed by atoms with Gasteiger partial charge in [0.2, 0.25) is 0 Å². The van der Waals surface area contributed by atoms with Crippen LogP contribution < -0.4 is 0 Å². The van der Waals surface area contributed by atoms with E-state index in [1.165, 1.54) is 12.8 Å². The Labute approximate surface area is 140 Å². The van der Waals surface area contributed by atoms with Gasteiger partial charge in [0.1, 0.15) is 0 Å². The Bertz CT molecular complexity index is 925. The number of hydrogen-bond acceptors (Lipinski definition) is 4. The first-order chi connectivity index (χ1) is 11.7. The highest BCUT2D eigenvalue weighted by atomic mass is 16.1. The number of aryl methyl sites for hydroxylation is 2. The second kappa shape index (κ2) is 5.82. The lowest BCUT2D eigenvalue weighted by molar-refractivity contribution is 0.112. The molecule has 0 atom stereocenters. The minimum atomic E-state index is 0.662. The second-order valence-electron chi connectivity index (χ2n) is 6.56. The zero-order valence-corrected chi connectivity index (χ0v) is 14.0. The monoisotopic (exact) mass is 320 g/mol. The van der Waals surface area contributed by atoms with Crippen molar-refractivity contribution in [3.8, 4) is 11.1 Å². The fourth-order valence-corrected chi connectivity index (χ4v) is 3.26. The molecule has 0 unspecified atom stereocenters. The molecule has 0 aliphatic heterocycles. The van der Waals surface area contributed by atoms with Gasteiger partial charge in [-0.1, -0.05) is 0 Å². The van der Waals surface area contributed by atoms with Crippen LogP contribution in [0.15, 0.2) is 24.7 Å². The molecule has 3 aromatic heterocycles. The molecule has 1 aliphatic carbocycles. The van der Waals surface area contributed by atoms with Gasteiger partial charge in [-0.05, 0) is 50.7 Å². The van der Waals surface area contributed by atoms with Crippen LogP contribution in [-0.2, 0) is 13.0 Å². The average molecular weight is 320 g/mol. The van der Waals surface area contributed by atoms with Crippen LogP contribution in [0, 0.1) is 12.8 Å². The van der Waals surface area contributed by atoms with Crippen LogP contribution >= 0.6 is 0 Å². The Morgan fingerprint density at radius 3 is 2.79 bits per heavy atom. The number of hydrogen-bond donors (Lipinski definition) is 0. The van der Waals surface area contributed by atoms with E-state index in [4.69, 9.17) is 4.98 Å². The molecule has 3 heterocycles. The van der Waals surface area contributed by atoms with Gasteiger partial charge < -0.3 is 0 Å². The summed E-state index contributed by atoms with van der Waals surface area (Å²) in [5.74, 6) is 0.662. The van der Waals surface area contributed by atoms with Crippen LogP contribution in [0.4, 0.5) is 0 Å². The quantitative estimate of drug-likeness (QED) is 0.674. The van der Waals surface area contributed by atoms with E-state index in [9.17, 15) is 4.79 Å². The smallest absolute Gasteiger partial charge is 0.158 e. The average Bonchev–Trinajstić information content (AvgIpc) is 3.31. The molecule has 3 aromatic rings. The summed E-state index contributed by atoms with van der Waals surface area (Å²) >= 11 is 0. The molecule has 5 nitrogen and oxygen atoms in total. The fraction of sp³-hybridized carbons (Fsp3) is 0.368. The highest BCUT2D eigenvalue weighted by Gasteiger charge is 2.26. The molecule has 0 spiro atoms. The SMILES string of the molecule is CCn1ncc2c(-c3cncc(C)c3)c(C=O)c(CC3CC3)nc21. The van der Waals surface area contributed by atoms with Gasteiger partial charge in [0.25, 0.3) is 0 Å². The Morgan fingerprint density at radius 2 is 2.12 bits per heavy atom. The first kappa shape index (κ1) is 15.0. The highest BCUT2D eigenvalue weighted by molar-refractivity contribution is 6.02. The van der Waals surface area contributed by atoms with Gasteiger partial charge in [-0.3, -0.25) is 9.78 Å². The Kier molecular flexibility index (Phi) is 3.63. The van der Waals surface area contributed by atoms with Crippen molar-refractivity contribution in [2.24, 2.45) is 5.92 Å². The van der Waals surface area contributed by atoms with Crippen LogP contribution in [0.2, 0.25) is 0 Å². The van der Waals surface area contributed by atoms with Crippen LogP contribution in [-0.4, -0.2) is 26.0 Å². The number of aromatic nitrogens is 4. The lowest BCUT2D eigenvalue weighted by Gasteiger charge is -2.12. The van der Waals surface area contributed by atoms with Crippen LogP contribution in [0.1, 0.15) is 41.4 Å². The molecule has 0 aromatic carbocycles. The maximum Gasteiger partial charge on any atom is 0.158 e. The van der Waals surface area contributed by atoms with E-state index < -0.39 is 0 Å². The first-order valence-corrected chi connectivity index (χ1v) is 8.46. The van der Waals surface area contributed by atoms with Gasteiger partial charge in [0.05, 0.1) is 11.9 Å². The van der Waals surface area contributed by atoms with Crippen molar-refractivity contribution in [1.29, 1.82) is 0 Å². The van der Waals surface area contributed by atoms with Gasteiger partial charge in [-0.25, -0.2) is 9.67 Å². The van der Waals surface area contributed by atoms with E-state index in [0.717, 1.165) is 52.7 Å². The molecule has 4 rings (SSSR count). The zero-order valence-electron chi connectivity index (χ0n) is 14.0. The Hall–Kier alpha value is -2.56. The number of aldehydes is 1. The molecular formula is C19H20N4O. The lowest BCUT2D eigenvalue weighted by atomic mass is 9.95. The van der Waals surface area contributed by atoms with E-state index in [1.54, 1.807) is 0 Å². The lowest BCUT2D eigenvalue weighted by Crippen LogP contribution is -2.05. The topological polar surface area (TPSA) is 60.7 Å². The van der Waals surface area contributed by atoms with Crippen molar-refractivity contribution in [3.63, 3.8) is 0 Å². The molecule has 0 bridgehead atoms. The van der Waals surface area contributed by atoms with Crippen molar-refractivity contribution in [2.45, 2.75) is 39.7 Å². The number of carbonyl (C=O) groups is 1. The fourth-order valence-electron chi connectivity index (χ4n) is 3.26. The number of carbonyl (C=O) groups excluding carboxylic acids is 1. The van der Waals surface area contributed by atoms with Gasteiger partial charge >= 0.3 is 0 Å². The van der Waals surface area contributed by atoms with E-state index in [-0.39, 0.29) is 0 Å². The van der Waals surface area contributed by atoms with E-state index in [2.05, 4.69) is 23.1 Å². The third kappa shape index (κ3) is 2.50. The predicted molar refractivity (Wildman–Crippen MR) is 93.0 cm³/mol. The molecule has 0 amide bonds. The summed E-state index contributed by atoms with van der Waals surface area (Å²) in [6, 6.07) is 2.07. The molecule has 0 N–H and O–H groups in total. The van der Waals surface area contributed by atoms with Crippen molar-refractivity contribution in [3.05, 3.63) is 41.5 Å². The number of nitrogens with zero attached hydrogens (tertiary/aromatic N) is 4. The van der Waals surface area contributed by atoms with Gasteiger partial charge in [-0.2, -0.15) is 5.10 Å². The molecule has 1 saturated carbocycles. The van der Waals surface area contributed by atoms with Gasteiger partial charge in [0, 0.05) is 41.0 Å². The summed E-state index contributed by atoms with van der Waals surface area (Å²) in [5.41, 5.74) is 5.39. The molecule has 1 aliphatic rings. The standard InChI is InChI=1S/C19H20N4O/c1-3-23-19-15(10-21-23)18(14-6-12(2)8-20-9-14)16(11-24)17(22-19)7-13-4-5-13/h6,8-11,13H,3-5,7H2,1-2H3. The van der Waals surface area contributed by atoms with E-state index >= 15 is 0 Å². The summed E-state index contributed by atoms with van der Waals surface area (Å²) in [7, 11) is 0. The molecule has 0 radical (unpaired) electrons. The van der Waals surface area contributed by atoms with Crippen molar-refractivity contribution in [1.82, 2.24) is 19.7 Å². The third-order valence-corrected chi connectivity index (χ3v) is 4.66.